The average Bonchev–Trinajstić information content (AvgIpc) is 3.56. The minimum atomic E-state index is 0.252. The van der Waals surface area contributed by atoms with Crippen LogP contribution in [0.25, 0.3) is 17.1 Å². The Kier molecular flexibility index (Phi) is 8.13. The van der Waals surface area contributed by atoms with E-state index < -0.39 is 0 Å². The summed E-state index contributed by atoms with van der Waals surface area (Å²) in [6.45, 7) is 8.03. The van der Waals surface area contributed by atoms with Gasteiger partial charge in [0.25, 0.3) is 0 Å². The highest BCUT2D eigenvalue weighted by atomic mass is 16.5. The number of fused-ring (bicyclic) bond motifs is 3. The van der Waals surface area contributed by atoms with Crippen molar-refractivity contribution >= 4 is 17.6 Å². The third kappa shape index (κ3) is 5.78. The summed E-state index contributed by atoms with van der Waals surface area (Å²) in [4.78, 5) is 6.82. The molecule has 0 atom stereocenters. The molecule has 2 aromatic heterocycles. The summed E-state index contributed by atoms with van der Waals surface area (Å²) in [7, 11) is 0. The lowest BCUT2D eigenvalue weighted by Gasteiger charge is -2.15. The van der Waals surface area contributed by atoms with Crippen LogP contribution < -0.4 is 15.8 Å². The summed E-state index contributed by atoms with van der Waals surface area (Å²) < 4.78 is 7.42. The fourth-order valence-corrected chi connectivity index (χ4v) is 4.99. The molecule has 2 aliphatic rings. The Morgan fingerprint density at radius 3 is 2.50 bits per heavy atom. The zero-order valence-corrected chi connectivity index (χ0v) is 22.2. The molecule has 1 fully saturated rings. The van der Waals surface area contributed by atoms with Gasteiger partial charge in [-0.2, -0.15) is 9.67 Å². The van der Waals surface area contributed by atoms with Gasteiger partial charge in [-0.1, -0.05) is 38.1 Å². The number of likely N-dealkylation sites (tertiary alicyclic amines) is 1. The second-order valence-electron chi connectivity index (χ2n) is 9.34. The van der Waals surface area contributed by atoms with Crippen molar-refractivity contribution in [1.29, 1.82) is 0 Å². The predicted molar refractivity (Wildman–Crippen MR) is 151 cm³/mol. The molecular formula is C29H36N8O. The summed E-state index contributed by atoms with van der Waals surface area (Å²) in [5, 5.41) is 16.7. The van der Waals surface area contributed by atoms with Gasteiger partial charge in [0.1, 0.15) is 12.4 Å². The molecule has 9 heteroatoms. The topological polar surface area (TPSA) is 107 Å². The van der Waals surface area contributed by atoms with Crippen molar-refractivity contribution in [3.8, 4) is 22.8 Å². The van der Waals surface area contributed by atoms with Crippen LogP contribution >= 0.6 is 0 Å². The van der Waals surface area contributed by atoms with Crippen LogP contribution in [0, 0.1) is 0 Å². The minimum absolute atomic E-state index is 0.252. The van der Waals surface area contributed by atoms with Crippen molar-refractivity contribution in [2.45, 2.75) is 46.0 Å². The number of anilines is 3. The van der Waals surface area contributed by atoms with E-state index in [1.807, 2.05) is 50.2 Å². The molecule has 3 heterocycles. The van der Waals surface area contributed by atoms with Crippen molar-refractivity contribution in [2.24, 2.45) is 0 Å². The first-order valence-corrected chi connectivity index (χ1v) is 13.6. The van der Waals surface area contributed by atoms with E-state index in [2.05, 4.69) is 48.7 Å². The molecular weight excluding hydrogens is 476 g/mol. The molecule has 198 valence electrons. The number of hydrogen-bond acceptors (Lipinski definition) is 8. The van der Waals surface area contributed by atoms with Crippen LogP contribution in [0.1, 0.15) is 44.2 Å². The number of aryl methyl sites for hydroxylation is 2. The monoisotopic (exact) mass is 512 g/mol. The molecule has 0 saturated carbocycles. The van der Waals surface area contributed by atoms with Gasteiger partial charge in [-0.15, -0.1) is 15.3 Å². The fraction of sp³-hybridized carbons (Fsp3) is 0.379. The number of nitrogens with one attached hydrogen (secondary N) is 1. The second kappa shape index (κ2) is 12.0. The van der Waals surface area contributed by atoms with E-state index in [9.17, 15) is 0 Å². The van der Waals surface area contributed by atoms with E-state index in [1.165, 1.54) is 36.2 Å². The highest BCUT2D eigenvalue weighted by Gasteiger charge is 2.19. The SMILES string of the molecule is CC.Nc1nc(Nc2ccc(OCCN3CCCC3)cc2)nn1-c1cc2c(nn1)-c1ccccc1CCC2. The Bertz CT molecular complexity index is 1350. The Hall–Kier alpha value is -3.98. The minimum Gasteiger partial charge on any atom is -0.492 e. The third-order valence-electron chi connectivity index (χ3n) is 6.86. The van der Waals surface area contributed by atoms with Gasteiger partial charge in [-0.3, -0.25) is 4.90 Å². The molecule has 0 amide bonds. The van der Waals surface area contributed by atoms with Gasteiger partial charge in [-0.25, -0.2) is 0 Å². The predicted octanol–water partition coefficient (Wildman–Crippen LogP) is 5.04. The second-order valence-corrected chi connectivity index (χ2v) is 9.34. The van der Waals surface area contributed by atoms with Crippen molar-refractivity contribution < 1.29 is 4.74 Å². The van der Waals surface area contributed by atoms with Crippen LogP contribution in [-0.2, 0) is 12.8 Å². The fourth-order valence-electron chi connectivity index (χ4n) is 4.99. The van der Waals surface area contributed by atoms with E-state index in [1.54, 1.807) is 0 Å². The molecule has 38 heavy (non-hydrogen) atoms. The number of benzene rings is 2. The first kappa shape index (κ1) is 25.7. The van der Waals surface area contributed by atoms with Gasteiger partial charge in [0, 0.05) is 17.8 Å². The Balaban J connectivity index is 0.00000144. The van der Waals surface area contributed by atoms with Crippen LogP contribution in [0.4, 0.5) is 17.6 Å². The maximum absolute atomic E-state index is 6.20. The Labute approximate surface area is 224 Å². The highest BCUT2D eigenvalue weighted by molar-refractivity contribution is 5.68. The van der Waals surface area contributed by atoms with Crippen LogP contribution in [0.15, 0.2) is 54.6 Å². The molecule has 0 bridgehead atoms. The third-order valence-corrected chi connectivity index (χ3v) is 6.86. The molecule has 9 nitrogen and oxygen atoms in total. The Morgan fingerprint density at radius 1 is 0.921 bits per heavy atom. The summed E-state index contributed by atoms with van der Waals surface area (Å²) in [5.41, 5.74) is 11.6. The zero-order valence-electron chi connectivity index (χ0n) is 22.2. The summed E-state index contributed by atoms with van der Waals surface area (Å²) >= 11 is 0. The number of ether oxygens (including phenoxy) is 1. The number of nitrogens with zero attached hydrogens (tertiary/aromatic N) is 6. The molecule has 0 spiro atoms. The first-order valence-electron chi connectivity index (χ1n) is 13.6. The number of hydrogen-bond donors (Lipinski definition) is 2. The van der Waals surface area contributed by atoms with Gasteiger partial charge in [0.05, 0.1) is 5.69 Å². The van der Waals surface area contributed by atoms with Crippen molar-refractivity contribution in [2.75, 3.05) is 37.3 Å². The number of nitrogen functional groups attached to an aromatic ring is 1. The molecule has 6 rings (SSSR count). The average molecular weight is 513 g/mol. The van der Waals surface area contributed by atoms with Crippen molar-refractivity contribution in [3.63, 3.8) is 0 Å². The number of aromatic nitrogens is 5. The van der Waals surface area contributed by atoms with Gasteiger partial charge in [0.2, 0.25) is 11.9 Å². The van der Waals surface area contributed by atoms with Crippen LogP contribution in [0.2, 0.25) is 0 Å². The highest BCUT2D eigenvalue weighted by Crippen LogP contribution is 2.31. The molecule has 1 saturated heterocycles. The van der Waals surface area contributed by atoms with Crippen molar-refractivity contribution in [3.05, 3.63) is 65.7 Å². The van der Waals surface area contributed by atoms with E-state index in [0.717, 1.165) is 54.1 Å². The van der Waals surface area contributed by atoms with E-state index >= 15 is 0 Å². The van der Waals surface area contributed by atoms with Crippen molar-refractivity contribution in [1.82, 2.24) is 29.9 Å². The van der Waals surface area contributed by atoms with Crippen LogP contribution in [0.5, 0.6) is 5.75 Å². The lowest BCUT2D eigenvalue weighted by Crippen LogP contribution is -2.25. The molecule has 2 aromatic carbocycles. The normalized spacial score (nSPS) is 14.6. The van der Waals surface area contributed by atoms with Gasteiger partial charge < -0.3 is 15.8 Å². The zero-order chi connectivity index (χ0) is 26.3. The molecule has 0 unspecified atom stereocenters. The van der Waals surface area contributed by atoms with E-state index in [4.69, 9.17) is 10.5 Å². The Morgan fingerprint density at radius 2 is 1.68 bits per heavy atom. The van der Waals surface area contributed by atoms with E-state index in [-0.39, 0.29) is 5.95 Å². The smallest absolute Gasteiger partial charge is 0.248 e. The molecule has 4 aromatic rings. The molecule has 1 aliphatic carbocycles. The van der Waals surface area contributed by atoms with E-state index in [0.29, 0.717) is 18.4 Å². The lowest BCUT2D eigenvalue weighted by atomic mass is 10.0. The summed E-state index contributed by atoms with van der Waals surface area (Å²) in [6, 6.07) is 18.2. The van der Waals surface area contributed by atoms with Gasteiger partial charge in [0.15, 0.2) is 5.82 Å². The molecule has 0 radical (unpaired) electrons. The standard InChI is InChI=1S/C27H30N8O.C2H6/c28-26-30-27(29-21-10-12-22(13-11-21)36-17-16-34-14-3-4-15-34)33-35(26)24-18-20-8-5-7-19-6-1-2-9-23(19)25(20)32-31-24;1-2/h1-2,6,9-13,18H,3-5,7-8,14-17H2,(H3,28,29,30,33);1-2H3. The summed E-state index contributed by atoms with van der Waals surface area (Å²) in [5.74, 6) is 2.06. The lowest BCUT2D eigenvalue weighted by molar-refractivity contribution is 0.238. The number of nitrogens with two attached hydrogens (primary N) is 1. The van der Waals surface area contributed by atoms with Gasteiger partial charge in [-0.05, 0) is 86.7 Å². The first-order chi connectivity index (χ1) is 18.7. The summed E-state index contributed by atoms with van der Waals surface area (Å²) in [6.07, 6.45) is 5.61. The largest absolute Gasteiger partial charge is 0.492 e. The maximum atomic E-state index is 6.20. The molecule has 3 N–H and O–H groups in total. The van der Waals surface area contributed by atoms with Crippen LogP contribution in [0.3, 0.4) is 0 Å². The maximum Gasteiger partial charge on any atom is 0.248 e. The van der Waals surface area contributed by atoms with Crippen LogP contribution in [-0.4, -0.2) is 56.1 Å². The number of rotatable bonds is 7. The van der Waals surface area contributed by atoms with Gasteiger partial charge >= 0.3 is 0 Å². The quantitative estimate of drug-likeness (QED) is 0.355. The molecule has 1 aliphatic heterocycles.